The molecule has 0 spiro atoms. The zero-order chi connectivity index (χ0) is 36.7. The highest BCUT2D eigenvalue weighted by molar-refractivity contribution is 7.26. The molecule has 0 saturated heterocycles. The van der Waals surface area contributed by atoms with Crippen molar-refractivity contribution in [3.63, 3.8) is 0 Å². The van der Waals surface area contributed by atoms with Crippen LogP contribution in [0.4, 0.5) is 17.1 Å². The molecule has 0 unspecified atom stereocenters. The largest absolute Gasteiger partial charge is 0.309 e. The third-order valence-electron chi connectivity index (χ3n) is 11.9. The molecule has 0 atom stereocenters. The van der Waals surface area contributed by atoms with Gasteiger partial charge in [0, 0.05) is 42.4 Å². The number of benzene rings is 9. The summed E-state index contributed by atoms with van der Waals surface area (Å²) in [6.07, 6.45) is 0. The molecule has 0 amide bonds. The van der Waals surface area contributed by atoms with E-state index < -0.39 is 0 Å². The average molecular weight is 720 g/mol. The fourth-order valence-corrected chi connectivity index (χ4v) is 10.5. The molecule has 0 fully saturated rings. The quantitative estimate of drug-likeness (QED) is 0.171. The molecular weight excluding hydrogens is 683 g/mol. The molecule has 1 aliphatic rings. The van der Waals surface area contributed by atoms with Crippen molar-refractivity contribution >= 4 is 70.1 Å². The van der Waals surface area contributed by atoms with Gasteiger partial charge in [0.2, 0.25) is 0 Å². The van der Waals surface area contributed by atoms with E-state index in [2.05, 4.69) is 207 Å². The van der Waals surface area contributed by atoms with Gasteiger partial charge in [0.15, 0.2) is 0 Å². The zero-order valence-corrected chi connectivity index (χ0v) is 31.6. The molecule has 0 N–H and O–H groups in total. The summed E-state index contributed by atoms with van der Waals surface area (Å²) in [7, 11) is 0. The Bertz CT molecular complexity index is 3120. The molecule has 2 heteroatoms. The van der Waals surface area contributed by atoms with Crippen molar-refractivity contribution < 1.29 is 0 Å². The van der Waals surface area contributed by atoms with E-state index in [0.29, 0.717) is 0 Å². The number of fused-ring (bicyclic) bond motifs is 9. The Labute approximate surface area is 325 Å². The van der Waals surface area contributed by atoms with Crippen LogP contribution in [0.15, 0.2) is 188 Å². The highest BCUT2D eigenvalue weighted by atomic mass is 32.1. The molecule has 9 aromatic carbocycles. The summed E-state index contributed by atoms with van der Waals surface area (Å²) < 4.78 is 2.65. The van der Waals surface area contributed by atoms with Crippen molar-refractivity contribution in [1.29, 1.82) is 0 Å². The van der Waals surface area contributed by atoms with Crippen LogP contribution in [-0.4, -0.2) is 0 Å². The smallest absolute Gasteiger partial charge is 0.0543 e. The molecule has 1 aliphatic carbocycles. The molecule has 0 radical (unpaired) electrons. The van der Waals surface area contributed by atoms with Crippen molar-refractivity contribution in [3.05, 3.63) is 199 Å². The maximum Gasteiger partial charge on any atom is 0.0543 e. The van der Waals surface area contributed by atoms with Crippen LogP contribution in [0.2, 0.25) is 0 Å². The first-order valence-electron chi connectivity index (χ1n) is 19.1. The van der Waals surface area contributed by atoms with Gasteiger partial charge in [-0.3, -0.25) is 0 Å². The SMILES string of the molecule is CC1(C)c2ccccc2-c2c(N(c3ccc(-c4cc5sc6ccccc6c5c5ccccc45)cc3)c3ccccc3-c3cccc4ccccc34)cccc21. The first kappa shape index (κ1) is 32.0. The van der Waals surface area contributed by atoms with Crippen LogP contribution >= 0.6 is 11.3 Å². The highest BCUT2D eigenvalue weighted by Gasteiger charge is 2.38. The van der Waals surface area contributed by atoms with E-state index in [1.165, 1.54) is 91.9 Å². The Balaban J connectivity index is 1.14. The molecule has 0 bridgehead atoms. The normalized spacial score (nSPS) is 13.1. The fourth-order valence-electron chi connectivity index (χ4n) is 9.30. The number of hydrogen-bond donors (Lipinski definition) is 0. The molecule has 0 aliphatic heterocycles. The van der Waals surface area contributed by atoms with Gasteiger partial charge in [-0.25, -0.2) is 0 Å². The van der Waals surface area contributed by atoms with Crippen molar-refractivity contribution in [2.75, 3.05) is 4.90 Å². The van der Waals surface area contributed by atoms with Crippen molar-refractivity contribution in [3.8, 4) is 33.4 Å². The first-order valence-corrected chi connectivity index (χ1v) is 19.9. The van der Waals surface area contributed by atoms with Gasteiger partial charge in [-0.2, -0.15) is 0 Å². The second-order valence-electron chi connectivity index (χ2n) is 15.2. The van der Waals surface area contributed by atoms with Gasteiger partial charge in [-0.1, -0.05) is 166 Å². The molecular formula is C53H37NS. The Kier molecular flexibility index (Phi) is 7.14. The fraction of sp³-hybridized carbons (Fsp3) is 0.0566. The van der Waals surface area contributed by atoms with Gasteiger partial charge in [0.25, 0.3) is 0 Å². The molecule has 260 valence electrons. The minimum absolute atomic E-state index is 0.112. The van der Waals surface area contributed by atoms with E-state index in [-0.39, 0.29) is 5.41 Å². The molecule has 1 aromatic heterocycles. The van der Waals surface area contributed by atoms with Crippen LogP contribution in [0, 0.1) is 0 Å². The number of hydrogen-bond acceptors (Lipinski definition) is 2. The Hall–Kier alpha value is -6.48. The second-order valence-corrected chi connectivity index (χ2v) is 16.3. The standard InChI is InChI=1S/C53H37NS/c1-53(2)45-24-10-7-21-42(45)52-46(53)25-14-27-48(52)54(47-26-11-8-19-40(47)38-23-13-16-34-15-3-4-17-37(34)38)36-31-29-35(30-32-36)44-33-50-51(41-20-6-5-18-39(41)44)43-22-9-12-28-49(43)55-50/h3-33H,1-2H3. The topological polar surface area (TPSA) is 3.24 Å². The molecule has 1 nitrogen and oxygen atoms in total. The lowest BCUT2D eigenvalue weighted by Crippen LogP contribution is -2.16. The van der Waals surface area contributed by atoms with Crippen molar-refractivity contribution in [2.45, 2.75) is 19.3 Å². The van der Waals surface area contributed by atoms with Gasteiger partial charge in [-0.05, 0) is 91.3 Å². The zero-order valence-electron chi connectivity index (χ0n) is 30.8. The lowest BCUT2D eigenvalue weighted by molar-refractivity contribution is 0.660. The average Bonchev–Trinajstić information content (AvgIpc) is 3.73. The summed E-state index contributed by atoms with van der Waals surface area (Å²) in [5.41, 5.74) is 13.6. The lowest BCUT2D eigenvalue weighted by atomic mass is 9.82. The maximum atomic E-state index is 2.51. The Morgan fingerprint density at radius 1 is 0.418 bits per heavy atom. The summed E-state index contributed by atoms with van der Waals surface area (Å²) in [4.78, 5) is 2.51. The van der Waals surface area contributed by atoms with E-state index in [0.717, 1.165) is 11.4 Å². The van der Waals surface area contributed by atoms with Gasteiger partial charge in [-0.15, -0.1) is 11.3 Å². The number of thiophene rings is 1. The van der Waals surface area contributed by atoms with Crippen LogP contribution in [0.25, 0.3) is 75.1 Å². The van der Waals surface area contributed by atoms with Crippen LogP contribution < -0.4 is 4.90 Å². The number of anilines is 3. The number of rotatable bonds is 5. The van der Waals surface area contributed by atoms with E-state index in [1.807, 2.05) is 11.3 Å². The predicted octanol–water partition coefficient (Wildman–Crippen LogP) is 15.5. The number of nitrogens with zero attached hydrogens (tertiary/aromatic N) is 1. The molecule has 0 saturated carbocycles. The second kappa shape index (κ2) is 12.3. The molecule has 11 rings (SSSR count). The molecule has 1 heterocycles. The van der Waals surface area contributed by atoms with Gasteiger partial charge in [0.1, 0.15) is 0 Å². The Morgan fingerprint density at radius 2 is 1.02 bits per heavy atom. The molecule has 10 aromatic rings. The Morgan fingerprint density at radius 3 is 1.87 bits per heavy atom. The van der Waals surface area contributed by atoms with Gasteiger partial charge >= 0.3 is 0 Å². The predicted molar refractivity (Wildman–Crippen MR) is 237 cm³/mol. The number of para-hydroxylation sites is 1. The van der Waals surface area contributed by atoms with Crippen LogP contribution in [-0.2, 0) is 5.41 Å². The highest BCUT2D eigenvalue weighted by Crippen LogP contribution is 2.55. The van der Waals surface area contributed by atoms with Crippen molar-refractivity contribution in [2.24, 2.45) is 0 Å². The summed E-state index contributed by atoms with van der Waals surface area (Å²) >= 11 is 1.89. The third kappa shape index (κ3) is 4.85. The lowest BCUT2D eigenvalue weighted by Gasteiger charge is -2.31. The summed E-state index contributed by atoms with van der Waals surface area (Å²) in [6.45, 7) is 4.73. The summed E-state index contributed by atoms with van der Waals surface area (Å²) in [5.74, 6) is 0. The minimum atomic E-state index is -0.112. The summed E-state index contributed by atoms with van der Waals surface area (Å²) in [5, 5.41) is 7.77. The summed E-state index contributed by atoms with van der Waals surface area (Å²) in [6, 6.07) is 69.6. The van der Waals surface area contributed by atoms with E-state index in [1.54, 1.807) is 0 Å². The monoisotopic (exact) mass is 719 g/mol. The van der Waals surface area contributed by atoms with E-state index >= 15 is 0 Å². The minimum Gasteiger partial charge on any atom is -0.309 e. The molecule has 55 heavy (non-hydrogen) atoms. The third-order valence-corrected chi connectivity index (χ3v) is 13.0. The van der Waals surface area contributed by atoms with Crippen LogP contribution in [0.5, 0.6) is 0 Å². The van der Waals surface area contributed by atoms with E-state index in [9.17, 15) is 0 Å². The first-order chi connectivity index (χ1) is 27.1. The maximum absolute atomic E-state index is 2.51. The van der Waals surface area contributed by atoms with Crippen molar-refractivity contribution in [1.82, 2.24) is 0 Å². The van der Waals surface area contributed by atoms with Crippen LogP contribution in [0.1, 0.15) is 25.0 Å². The van der Waals surface area contributed by atoms with Crippen LogP contribution in [0.3, 0.4) is 0 Å². The van der Waals surface area contributed by atoms with Gasteiger partial charge < -0.3 is 4.90 Å². The van der Waals surface area contributed by atoms with E-state index in [4.69, 9.17) is 0 Å². The van der Waals surface area contributed by atoms with Gasteiger partial charge in [0.05, 0.1) is 11.4 Å².